The summed E-state index contributed by atoms with van der Waals surface area (Å²) in [5.41, 5.74) is 6.16. The molecule has 0 saturated carbocycles. The van der Waals surface area contributed by atoms with Gasteiger partial charge in [-0.3, -0.25) is 0 Å². The molecule has 0 radical (unpaired) electrons. The highest BCUT2D eigenvalue weighted by Gasteiger charge is 2.19. The van der Waals surface area contributed by atoms with Crippen LogP contribution < -0.4 is 0 Å². The van der Waals surface area contributed by atoms with Crippen molar-refractivity contribution in [3.8, 4) is 5.69 Å². The minimum atomic E-state index is -0.853. The van der Waals surface area contributed by atoms with E-state index in [0.29, 0.717) is 5.56 Å². The van der Waals surface area contributed by atoms with Gasteiger partial charge in [-0.2, -0.15) is 0 Å². The van der Waals surface area contributed by atoms with Gasteiger partial charge in [0.1, 0.15) is 0 Å². The third kappa shape index (κ3) is 1.94. The number of hydrogen-bond acceptors (Lipinski definition) is 1. The smallest absolute Gasteiger partial charge is 0.337 e. The molecule has 0 fully saturated rings. The van der Waals surface area contributed by atoms with E-state index in [1.807, 2.05) is 13.8 Å². The van der Waals surface area contributed by atoms with Gasteiger partial charge < -0.3 is 9.67 Å². The molecule has 0 aliphatic heterocycles. The van der Waals surface area contributed by atoms with Crippen molar-refractivity contribution in [3.63, 3.8) is 0 Å². The predicted octanol–water partition coefficient (Wildman–Crippen LogP) is 3.67. The molecule has 0 amide bonds. The highest BCUT2D eigenvalue weighted by atomic mass is 16.4. The normalized spacial score (nSPS) is 14.1. The summed E-state index contributed by atoms with van der Waals surface area (Å²) >= 11 is 0. The van der Waals surface area contributed by atoms with Gasteiger partial charge in [-0.25, -0.2) is 4.79 Å². The van der Waals surface area contributed by atoms with Gasteiger partial charge in [0.05, 0.1) is 5.56 Å². The van der Waals surface area contributed by atoms with Crippen LogP contribution in [0.4, 0.5) is 0 Å². The predicted molar refractivity (Wildman–Crippen MR) is 78.8 cm³/mol. The van der Waals surface area contributed by atoms with E-state index in [2.05, 4.69) is 22.8 Å². The van der Waals surface area contributed by atoms with Crippen LogP contribution >= 0.6 is 0 Å². The SMILES string of the molecule is Cc1cc(C(=O)O)c(C)n1-c1cccc2c1CCCC2. The van der Waals surface area contributed by atoms with Gasteiger partial charge in [0, 0.05) is 17.1 Å². The molecule has 3 rings (SSSR count). The quantitative estimate of drug-likeness (QED) is 0.903. The number of carbonyl (C=O) groups is 1. The molecule has 1 aliphatic carbocycles. The molecular weight excluding hydrogens is 250 g/mol. The molecule has 1 aromatic heterocycles. The molecule has 1 aromatic carbocycles. The summed E-state index contributed by atoms with van der Waals surface area (Å²) < 4.78 is 2.09. The number of carboxylic acid groups (broad SMARTS) is 1. The molecule has 3 heteroatoms. The lowest BCUT2D eigenvalue weighted by atomic mass is 9.90. The van der Waals surface area contributed by atoms with Crippen LogP contribution in [0.2, 0.25) is 0 Å². The first-order chi connectivity index (χ1) is 9.59. The second-order valence-corrected chi connectivity index (χ2v) is 5.55. The third-order valence-electron chi connectivity index (χ3n) is 4.27. The van der Waals surface area contributed by atoms with Gasteiger partial charge in [-0.1, -0.05) is 12.1 Å². The van der Waals surface area contributed by atoms with Crippen LogP contribution in [0.3, 0.4) is 0 Å². The minimum Gasteiger partial charge on any atom is -0.478 e. The van der Waals surface area contributed by atoms with E-state index >= 15 is 0 Å². The Morgan fingerprint density at radius 3 is 2.65 bits per heavy atom. The Morgan fingerprint density at radius 2 is 1.95 bits per heavy atom. The van der Waals surface area contributed by atoms with Crippen LogP contribution in [-0.4, -0.2) is 15.6 Å². The van der Waals surface area contributed by atoms with E-state index in [1.165, 1.54) is 24.0 Å². The zero-order valence-corrected chi connectivity index (χ0v) is 11.9. The topological polar surface area (TPSA) is 42.2 Å². The molecule has 3 nitrogen and oxygen atoms in total. The maximum atomic E-state index is 11.3. The first-order valence-electron chi connectivity index (χ1n) is 7.13. The molecular formula is C17H19NO2. The zero-order chi connectivity index (χ0) is 14.3. The fraction of sp³-hybridized carbons (Fsp3) is 0.353. The number of aromatic carboxylic acids is 1. The number of carboxylic acids is 1. The van der Waals surface area contributed by atoms with Crippen LogP contribution in [0.5, 0.6) is 0 Å². The number of aromatic nitrogens is 1. The molecule has 0 unspecified atom stereocenters. The minimum absolute atomic E-state index is 0.399. The van der Waals surface area contributed by atoms with Crippen molar-refractivity contribution in [1.82, 2.24) is 4.57 Å². The van der Waals surface area contributed by atoms with Crippen molar-refractivity contribution in [2.75, 3.05) is 0 Å². The Hall–Kier alpha value is -2.03. The number of nitrogens with zero attached hydrogens (tertiary/aromatic N) is 1. The van der Waals surface area contributed by atoms with E-state index in [9.17, 15) is 9.90 Å². The lowest BCUT2D eigenvalue weighted by molar-refractivity contribution is 0.0696. The average Bonchev–Trinajstić information content (AvgIpc) is 2.74. The summed E-state index contributed by atoms with van der Waals surface area (Å²) in [5, 5.41) is 9.28. The summed E-state index contributed by atoms with van der Waals surface area (Å²) in [6.45, 7) is 3.86. The Bertz CT molecular complexity index is 683. The number of benzene rings is 1. The Morgan fingerprint density at radius 1 is 1.20 bits per heavy atom. The van der Waals surface area contributed by atoms with Crippen LogP contribution in [0, 0.1) is 13.8 Å². The largest absolute Gasteiger partial charge is 0.478 e. The highest BCUT2D eigenvalue weighted by molar-refractivity contribution is 5.89. The lowest BCUT2D eigenvalue weighted by Gasteiger charge is -2.21. The maximum absolute atomic E-state index is 11.3. The van der Waals surface area contributed by atoms with E-state index in [1.54, 1.807) is 6.07 Å². The molecule has 1 aliphatic rings. The van der Waals surface area contributed by atoms with Crippen molar-refractivity contribution in [1.29, 1.82) is 0 Å². The van der Waals surface area contributed by atoms with Crippen LogP contribution in [0.25, 0.3) is 5.69 Å². The molecule has 0 saturated heterocycles. The number of rotatable bonds is 2. The number of aryl methyl sites for hydroxylation is 2. The van der Waals surface area contributed by atoms with Gasteiger partial charge >= 0.3 is 5.97 Å². The molecule has 0 spiro atoms. The van der Waals surface area contributed by atoms with Crippen molar-refractivity contribution in [2.45, 2.75) is 39.5 Å². The number of fused-ring (bicyclic) bond motifs is 1. The van der Waals surface area contributed by atoms with Crippen LogP contribution in [0.15, 0.2) is 24.3 Å². The Balaban J connectivity index is 2.22. The first kappa shape index (κ1) is 13.0. The summed E-state index contributed by atoms with van der Waals surface area (Å²) in [6, 6.07) is 8.15. The molecule has 0 bridgehead atoms. The Labute approximate surface area is 118 Å². The van der Waals surface area contributed by atoms with Gasteiger partial charge in [-0.05, 0) is 62.8 Å². The molecule has 1 N–H and O–H groups in total. The average molecular weight is 269 g/mol. The highest BCUT2D eigenvalue weighted by Crippen LogP contribution is 2.30. The molecule has 20 heavy (non-hydrogen) atoms. The van der Waals surface area contributed by atoms with Gasteiger partial charge in [-0.15, -0.1) is 0 Å². The van der Waals surface area contributed by atoms with Crippen molar-refractivity contribution in [2.24, 2.45) is 0 Å². The zero-order valence-electron chi connectivity index (χ0n) is 11.9. The van der Waals surface area contributed by atoms with Crippen molar-refractivity contribution < 1.29 is 9.90 Å². The second-order valence-electron chi connectivity index (χ2n) is 5.55. The van der Waals surface area contributed by atoms with Gasteiger partial charge in [0.2, 0.25) is 0 Å². The molecule has 1 heterocycles. The molecule has 2 aromatic rings. The second kappa shape index (κ2) is 4.82. The Kier molecular flexibility index (Phi) is 3.13. The fourth-order valence-corrected chi connectivity index (χ4v) is 3.32. The van der Waals surface area contributed by atoms with E-state index in [0.717, 1.165) is 29.9 Å². The lowest BCUT2D eigenvalue weighted by Crippen LogP contribution is -2.10. The molecule has 0 atom stereocenters. The fourth-order valence-electron chi connectivity index (χ4n) is 3.32. The van der Waals surface area contributed by atoms with Crippen LogP contribution in [-0.2, 0) is 12.8 Å². The van der Waals surface area contributed by atoms with E-state index in [4.69, 9.17) is 0 Å². The molecule has 104 valence electrons. The van der Waals surface area contributed by atoms with Gasteiger partial charge in [0.25, 0.3) is 0 Å². The monoisotopic (exact) mass is 269 g/mol. The standard InChI is InChI=1S/C17H19NO2/c1-11-10-15(17(19)20)12(2)18(11)16-9-5-7-13-6-3-4-8-14(13)16/h5,7,9-10H,3-4,6,8H2,1-2H3,(H,19,20). The first-order valence-corrected chi connectivity index (χ1v) is 7.13. The van der Waals surface area contributed by atoms with Crippen molar-refractivity contribution in [3.05, 3.63) is 52.3 Å². The number of hydrogen-bond donors (Lipinski definition) is 1. The maximum Gasteiger partial charge on any atom is 0.337 e. The van der Waals surface area contributed by atoms with E-state index in [-0.39, 0.29) is 0 Å². The summed E-state index contributed by atoms with van der Waals surface area (Å²) in [5.74, 6) is -0.853. The summed E-state index contributed by atoms with van der Waals surface area (Å²) in [7, 11) is 0. The van der Waals surface area contributed by atoms with Crippen LogP contribution in [0.1, 0.15) is 45.7 Å². The summed E-state index contributed by atoms with van der Waals surface area (Å²) in [6.07, 6.45) is 4.69. The summed E-state index contributed by atoms with van der Waals surface area (Å²) in [4.78, 5) is 11.3. The van der Waals surface area contributed by atoms with Gasteiger partial charge in [0.15, 0.2) is 0 Å². The van der Waals surface area contributed by atoms with Crippen molar-refractivity contribution >= 4 is 5.97 Å². The van der Waals surface area contributed by atoms with E-state index < -0.39 is 5.97 Å². The third-order valence-corrected chi connectivity index (χ3v) is 4.27.